The number of aliphatic imine (C=N–C) groups is 1. The van der Waals surface area contributed by atoms with Crippen molar-refractivity contribution in [1.29, 1.82) is 0 Å². The average molecular weight is 173 g/mol. The van der Waals surface area contributed by atoms with Gasteiger partial charge in [0.25, 0.3) is 0 Å². The van der Waals surface area contributed by atoms with E-state index in [9.17, 15) is 4.79 Å². The molecule has 2 nitrogen and oxygen atoms in total. The molecule has 1 unspecified atom stereocenters. The van der Waals surface area contributed by atoms with Crippen molar-refractivity contribution in [3.05, 3.63) is 35.9 Å². The summed E-state index contributed by atoms with van der Waals surface area (Å²) in [6.07, 6.45) is 0.938. The molecule has 13 heavy (non-hydrogen) atoms. The Morgan fingerprint density at radius 2 is 2.08 bits per heavy atom. The Kier molecular flexibility index (Phi) is 1.97. The van der Waals surface area contributed by atoms with Gasteiger partial charge >= 0.3 is 0 Å². The number of hydrogen-bond donors (Lipinski definition) is 0. The summed E-state index contributed by atoms with van der Waals surface area (Å²) >= 11 is 0. The zero-order valence-electron chi connectivity index (χ0n) is 7.53. The van der Waals surface area contributed by atoms with E-state index in [1.165, 1.54) is 0 Å². The molecule has 1 heterocycles. The quantitative estimate of drug-likeness (QED) is 0.643. The molecule has 0 saturated carbocycles. The molecule has 66 valence electrons. The predicted octanol–water partition coefficient (Wildman–Crippen LogP) is 2.10. The highest BCUT2D eigenvalue weighted by atomic mass is 16.1. The summed E-state index contributed by atoms with van der Waals surface area (Å²) in [5.41, 5.74) is 1.49. The number of Topliss-reactive ketones (excluding diaryl/α,β-unsaturated/α-hetero) is 1. The van der Waals surface area contributed by atoms with Crippen molar-refractivity contribution in [2.24, 2.45) is 4.99 Å². The molecule has 0 radical (unpaired) electrons. The Bertz CT molecular complexity index is 354. The molecule has 1 aromatic rings. The Labute approximate surface area is 77.3 Å². The lowest BCUT2D eigenvalue weighted by molar-refractivity contribution is 0.106. The van der Waals surface area contributed by atoms with E-state index < -0.39 is 0 Å². The van der Waals surface area contributed by atoms with Crippen LogP contribution in [0.2, 0.25) is 0 Å². The summed E-state index contributed by atoms with van der Waals surface area (Å²) in [7, 11) is 0. The number of nitrogens with zero attached hydrogens (tertiary/aromatic N) is 1. The van der Waals surface area contributed by atoms with Crippen molar-refractivity contribution in [3.8, 4) is 0 Å². The van der Waals surface area contributed by atoms with Gasteiger partial charge in [0.1, 0.15) is 5.71 Å². The SMILES string of the molecule is CCC1N=C1C(=O)c1ccccc1. The van der Waals surface area contributed by atoms with Crippen LogP contribution in [0.4, 0.5) is 0 Å². The summed E-state index contributed by atoms with van der Waals surface area (Å²) in [6, 6.07) is 9.51. The first kappa shape index (κ1) is 8.17. The molecular weight excluding hydrogens is 162 g/mol. The van der Waals surface area contributed by atoms with Crippen LogP contribution in [0.15, 0.2) is 35.3 Å². The van der Waals surface area contributed by atoms with Gasteiger partial charge in [0.2, 0.25) is 5.78 Å². The van der Waals surface area contributed by atoms with Crippen molar-refractivity contribution >= 4 is 11.5 Å². The molecular formula is C11H11NO. The van der Waals surface area contributed by atoms with Gasteiger partial charge in [-0.15, -0.1) is 0 Å². The maximum atomic E-state index is 11.6. The largest absolute Gasteiger partial charge is 0.287 e. The molecule has 0 saturated heterocycles. The van der Waals surface area contributed by atoms with E-state index in [0.717, 1.165) is 17.7 Å². The van der Waals surface area contributed by atoms with Gasteiger partial charge in [-0.1, -0.05) is 37.3 Å². The van der Waals surface area contributed by atoms with Gasteiger partial charge in [-0.25, -0.2) is 0 Å². The minimum Gasteiger partial charge on any atom is -0.287 e. The van der Waals surface area contributed by atoms with E-state index in [0.29, 0.717) is 0 Å². The number of carbonyl (C=O) groups is 1. The van der Waals surface area contributed by atoms with Gasteiger partial charge in [-0.3, -0.25) is 9.79 Å². The molecule has 1 aliphatic rings. The third-order valence-corrected chi connectivity index (χ3v) is 2.20. The number of rotatable bonds is 3. The summed E-state index contributed by atoms with van der Waals surface area (Å²) in [4.78, 5) is 15.8. The van der Waals surface area contributed by atoms with Gasteiger partial charge in [-0.2, -0.15) is 0 Å². The molecule has 2 rings (SSSR count). The van der Waals surface area contributed by atoms with E-state index in [-0.39, 0.29) is 11.8 Å². The second-order valence-corrected chi connectivity index (χ2v) is 3.13. The zero-order valence-corrected chi connectivity index (χ0v) is 7.53. The molecule has 1 atom stereocenters. The fourth-order valence-corrected chi connectivity index (χ4v) is 1.36. The number of benzene rings is 1. The monoisotopic (exact) mass is 173 g/mol. The normalized spacial score (nSPS) is 19.5. The van der Waals surface area contributed by atoms with E-state index in [2.05, 4.69) is 4.99 Å². The maximum Gasteiger partial charge on any atom is 0.208 e. The van der Waals surface area contributed by atoms with Crippen molar-refractivity contribution in [2.45, 2.75) is 19.4 Å². The Morgan fingerprint density at radius 3 is 2.62 bits per heavy atom. The van der Waals surface area contributed by atoms with E-state index in [1.54, 1.807) is 0 Å². The van der Waals surface area contributed by atoms with Crippen molar-refractivity contribution < 1.29 is 4.79 Å². The highest BCUT2D eigenvalue weighted by Crippen LogP contribution is 2.19. The van der Waals surface area contributed by atoms with Crippen LogP contribution in [0.25, 0.3) is 0 Å². The second kappa shape index (κ2) is 3.13. The molecule has 0 N–H and O–H groups in total. The Hall–Kier alpha value is -1.44. The minimum absolute atomic E-state index is 0.0902. The molecule has 0 spiro atoms. The third kappa shape index (κ3) is 1.52. The highest BCUT2D eigenvalue weighted by molar-refractivity contribution is 6.52. The van der Waals surface area contributed by atoms with Gasteiger partial charge in [0.05, 0.1) is 6.04 Å². The fourth-order valence-electron chi connectivity index (χ4n) is 1.36. The van der Waals surface area contributed by atoms with Crippen LogP contribution in [0.3, 0.4) is 0 Å². The topological polar surface area (TPSA) is 29.4 Å². The molecule has 0 amide bonds. The lowest BCUT2D eigenvalue weighted by atomic mass is 10.1. The molecule has 0 bridgehead atoms. The lowest BCUT2D eigenvalue weighted by Crippen LogP contribution is -2.10. The van der Waals surface area contributed by atoms with Crippen molar-refractivity contribution in [2.75, 3.05) is 0 Å². The van der Waals surface area contributed by atoms with Crippen LogP contribution in [-0.4, -0.2) is 17.5 Å². The van der Waals surface area contributed by atoms with Crippen molar-refractivity contribution in [1.82, 2.24) is 0 Å². The molecule has 1 aromatic carbocycles. The van der Waals surface area contributed by atoms with Crippen LogP contribution in [0.1, 0.15) is 23.7 Å². The number of hydrogen-bond acceptors (Lipinski definition) is 2. The predicted molar refractivity (Wildman–Crippen MR) is 52.3 cm³/mol. The third-order valence-electron chi connectivity index (χ3n) is 2.20. The second-order valence-electron chi connectivity index (χ2n) is 3.13. The van der Waals surface area contributed by atoms with Crippen LogP contribution in [0, 0.1) is 0 Å². The van der Waals surface area contributed by atoms with Crippen LogP contribution in [-0.2, 0) is 0 Å². The smallest absolute Gasteiger partial charge is 0.208 e. The fraction of sp³-hybridized carbons (Fsp3) is 0.273. The van der Waals surface area contributed by atoms with E-state index in [1.807, 2.05) is 37.3 Å². The summed E-state index contributed by atoms with van der Waals surface area (Å²) < 4.78 is 0. The first-order valence-electron chi connectivity index (χ1n) is 4.50. The molecule has 0 aromatic heterocycles. The van der Waals surface area contributed by atoms with E-state index >= 15 is 0 Å². The molecule has 0 fully saturated rings. The summed E-state index contributed by atoms with van der Waals surface area (Å²) in [5, 5.41) is 0. The van der Waals surface area contributed by atoms with Crippen LogP contribution >= 0.6 is 0 Å². The van der Waals surface area contributed by atoms with Crippen LogP contribution < -0.4 is 0 Å². The molecule has 1 aliphatic heterocycles. The van der Waals surface area contributed by atoms with Gasteiger partial charge in [0, 0.05) is 5.56 Å². The van der Waals surface area contributed by atoms with Gasteiger partial charge in [0.15, 0.2) is 0 Å². The first-order chi connectivity index (χ1) is 6.33. The van der Waals surface area contributed by atoms with E-state index in [4.69, 9.17) is 0 Å². The molecule has 0 aliphatic carbocycles. The Balaban J connectivity index is 2.12. The lowest BCUT2D eigenvalue weighted by Gasteiger charge is -1.94. The summed E-state index contributed by atoms with van der Waals surface area (Å²) in [6.45, 7) is 2.04. The van der Waals surface area contributed by atoms with Crippen molar-refractivity contribution in [3.63, 3.8) is 0 Å². The van der Waals surface area contributed by atoms with Gasteiger partial charge in [-0.05, 0) is 6.42 Å². The Morgan fingerprint density at radius 1 is 1.38 bits per heavy atom. The molecule has 2 heteroatoms. The first-order valence-corrected chi connectivity index (χ1v) is 4.50. The van der Waals surface area contributed by atoms with Crippen LogP contribution in [0.5, 0.6) is 0 Å². The average Bonchev–Trinajstić information content (AvgIpc) is 2.97. The maximum absolute atomic E-state index is 11.6. The highest BCUT2D eigenvalue weighted by Gasteiger charge is 2.32. The number of ketones is 1. The zero-order chi connectivity index (χ0) is 9.26. The summed E-state index contributed by atoms with van der Waals surface area (Å²) in [5.74, 6) is 0.0902. The van der Waals surface area contributed by atoms with Gasteiger partial charge < -0.3 is 0 Å². The minimum atomic E-state index is 0.0902. The standard InChI is InChI=1S/C11H11NO/c1-2-9-10(12-9)11(13)8-6-4-3-5-7-8/h3-7,9H,2H2,1H3. The number of carbonyl (C=O) groups excluding carboxylic acids is 1.